The number of aromatic nitrogens is 2. The molecular formula is C15H18N2O. The van der Waals surface area contributed by atoms with Gasteiger partial charge in [-0.1, -0.05) is 44.2 Å². The van der Waals surface area contributed by atoms with E-state index < -0.39 is 11.0 Å². The van der Waals surface area contributed by atoms with E-state index >= 15 is 0 Å². The van der Waals surface area contributed by atoms with Crippen LogP contribution in [0.2, 0.25) is 0 Å². The number of nitrogens with zero attached hydrogens (tertiary/aromatic N) is 2. The molecule has 0 amide bonds. The molecule has 0 radical (unpaired) electrons. The molecule has 0 aliphatic rings. The van der Waals surface area contributed by atoms with Crippen molar-refractivity contribution in [2.24, 2.45) is 0 Å². The highest BCUT2D eigenvalue weighted by Crippen LogP contribution is 2.40. The highest BCUT2D eigenvalue weighted by atomic mass is 16.3. The van der Waals surface area contributed by atoms with Crippen LogP contribution < -0.4 is 0 Å². The number of aliphatic hydroxyl groups is 1. The monoisotopic (exact) mass is 242 g/mol. The second kappa shape index (κ2) is 4.50. The Kier molecular flexibility index (Phi) is 3.18. The van der Waals surface area contributed by atoms with E-state index in [-0.39, 0.29) is 0 Å². The van der Waals surface area contributed by atoms with Gasteiger partial charge in [0.2, 0.25) is 0 Å². The van der Waals surface area contributed by atoms with Gasteiger partial charge in [-0.3, -0.25) is 9.97 Å². The third-order valence-corrected chi connectivity index (χ3v) is 3.76. The van der Waals surface area contributed by atoms with Crippen molar-refractivity contribution in [3.63, 3.8) is 0 Å². The fourth-order valence-electron chi connectivity index (χ4n) is 1.99. The standard InChI is InChI=1S/C15H18N2O/c1-14(2,13-11-16-9-10-17-13)15(3,18)12-7-5-4-6-8-12/h4-11,18H,1-3H3/t15-/m1/s1. The fourth-order valence-corrected chi connectivity index (χ4v) is 1.99. The predicted octanol–water partition coefficient (Wildman–Crippen LogP) is 2.66. The summed E-state index contributed by atoms with van der Waals surface area (Å²) in [6.07, 6.45) is 4.99. The Morgan fingerprint density at radius 3 is 2.22 bits per heavy atom. The molecule has 1 aromatic heterocycles. The Morgan fingerprint density at radius 1 is 1.00 bits per heavy atom. The summed E-state index contributed by atoms with van der Waals surface area (Å²) in [5.74, 6) is 0. The molecule has 2 aromatic rings. The average Bonchev–Trinajstić information content (AvgIpc) is 2.40. The van der Waals surface area contributed by atoms with Gasteiger partial charge in [-0.25, -0.2) is 0 Å². The molecular weight excluding hydrogens is 224 g/mol. The molecule has 2 rings (SSSR count). The van der Waals surface area contributed by atoms with Crippen LogP contribution >= 0.6 is 0 Å². The third kappa shape index (κ3) is 2.02. The van der Waals surface area contributed by atoms with E-state index in [4.69, 9.17) is 0 Å². The molecule has 0 saturated carbocycles. The summed E-state index contributed by atoms with van der Waals surface area (Å²) < 4.78 is 0. The first-order valence-corrected chi connectivity index (χ1v) is 6.00. The molecule has 0 fully saturated rings. The van der Waals surface area contributed by atoms with E-state index in [1.165, 1.54) is 0 Å². The molecule has 3 heteroatoms. The highest BCUT2D eigenvalue weighted by molar-refractivity contribution is 5.30. The Balaban J connectivity index is 2.47. The van der Waals surface area contributed by atoms with Crippen LogP contribution in [0.4, 0.5) is 0 Å². The van der Waals surface area contributed by atoms with Crippen LogP contribution in [-0.4, -0.2) is 15.1 Å². The van der Waals surface area contributed by atoms with E-state index in [9.17, 15) is 5.11 Å². The van der Waals surface area contributed by atoms with E-state index in [0.29, 0.717) is 0 Å². The second-order valence-electron chi connectivity index (χ2n) is 5.15. The maximum atomic E-state index is 10.9. The van der Waals surface area contributed by atoms with Gasteiger partial charge in [0.25, 0.3) is 0 Å². The number of benzene rings is 1. The van der Waals surface area contributed by atoms with E-state index in [1.54, 1.807) is 18.6 Å². The third-order valence-electron chi connectivity index (χ3n) is 3.76. The normalized spacial score (nSPS) is 15.1. The molecule has 0 spiro atoms. The Morgan fingerprint density at radius 2 is 1.67 bits per heavy atom. The van der Waals surface area contributed by atoms with Crippen LogP contribution in [0.25, 0.3) is 0 Å². The van der Waals surface area contributed by atoms with Crippen molar-refractivity contribution in [1.29, 1.82) is 0 Å². The van der Waals surface area contributed by atoms with Crippen LogP contribution in [-0.2, 0) is 11.0 Å². The molecule has 0 saturated heterocycles. The molecule has 18 heavy (non-hydrogen) atoms. The van der Waals surface area contributed by atoms with Gasteiger partial charge < -0.3 is 5.11 Å². The molecule has 0 unspecified atom stereocenters. The summed E-state index contributed by atoms with van der Waals surface area (Å²) in [6.45, 7) is 5.77. The Bertz CT molecular complexity index is 457. The van der Waals surface area contributed by atoms with Crippen molar-refractivity contribution in [2.45, 2.75) is 31.8 Å². The molecule has 0 aliphatic carbocycles. The van der Waals surface area contributed by atoms with Crippen LogP contribution in [0.1, 0.15) is 32.0 Å². The lowest BCUT2D eigenvalue weighted by atomic mass is 9.70. The lowest BCUT2D eigenvalue weighted by Crippen LogP contribution is -2.43. The van der Waals surface area contributed by atoms with Crippen LogP contribution in [0.15, 0.2) is 48.9 Å². The summed E-state index contributed by atoms with van der Waals surface area (Å²) >= 11 is 0. The van der Waals surface area contributed by atoms with E-state index in [0.717, 1.165) is 11.3 Å². The molecule has 94 valence electrons. The van der Waals surface area contributed by atoms with Crippen molar-refractivity contribution in [1.82, 2.24) is 9.97 Å². The van der Waals surface area contributed by atoms with Gasteiger partial charge in [-0.15, -0.1) is 0 Å². The van der Waals surface area contributed by atoms with Crippen molar-refractivity contribution in [3.8, 4) is 0 Å². The Labute approximate surface area is 108 Å². The van der Waals surface area contributed by atoms with Gasteiger partial charge in [-0.2, -0.15) is 0 Å². The van der Waals surface area contributed by atoms with Crippen LogP contribution in [0, 0.1) is 0 Å². The largest absolute Gasteiger partial charge is 0.384 e. The first kappa shape index (κ1) is 12.7. The SMILES string of the molecule is CC(C)(c1cnccn1)[C@](C)(O)c1ccccc1. The molecule has 1 aromatic carbocycles. The number of hydrogen-bond donors (Lipinski definition) is 1. The summed E-state index contributed by atoms with van der Waals surface area (Å²) in [6, 6.07) is 9.65. The second-order valence-corrected chi connectivity index (χ2v) is 5.15. The first-order chi connectivity index (χ1) is 8.46. The predicted molar refractivity (Wildman–Crippen MR) is 71.1 cm³/mol. The zero-order chi connectivity index (χ0) is 13.2. The minimum atomic E-state index is -1.01. The summed E-state index contributed by atoms with van der Waals surface area (Å²) in [5, 5.41) is 10.9. The highest BCUT2D eigenvalue weighted by Gasteiger charge is 2.43. The van der Waals surface area contributed by atoms with Crippen molar-refractivity contribution in [3.05, 3.63) is 60.2 Å². The van der Waals surface area contributed by atoms with Gasteiger partial charge in [-0.05, 0) is 12.5 Å². The summed E-state index contributed by atoms with van der Waals surface area (Å²) in [4.78, 5) is 8.40. The van der Waals surface area contributed by atoms with Crippen molar-refractivity contribution >= 4 is 0 Å². The van der Waals surface area contributed by atoms with Crippen molar-refractivity contribution in [2.75, 3.05) is 0 Å². The zero-order valence-corrected chi connectivity index (χ0v) is 11.0. The van der Waals surface area contributed by atoms with E-state index in [1.807, 2.05) is 51.1 Å². The smallest absolute Gasteiger partial charge is 0.0975 e. The van der Waals surface area contributed by atoms with Gasteiger partial charge >= 0.3 is 0 Å². The molecule has 1 heterocycles. The quantitative estimate of drug-likeness (QED) is 0.900. The van der Waals surface area contributed by atoms with Gasteiger partial charge in [0, 0.05) is 24.0 Å². The van der Waals surface area contributed by atoms with Gasteiger partial charge in [0.1, 0.15) is 0 Å². The molecule has 0 aliphatic heterocycles. The van der Waals surface area contributed by atoms with Crippen molar-refractivity contribution < 1.29 is 5.11 Å². The molecule has 1 atom stereocenters. The lowest BCUT2D eigenvalue weighted by Gasteiger charge is -2.39. The first-order valence-electron chi connectivity index (χ1n) is 6.00. The number of rotatable bonds is 3. The fraction of sp³-hybridized carbons (Fsp3) is 0.333. The maximum absolute atomic E-state index is 10.9. The lowest BCUT2D eigenvalue weighted by molar-refractivity contribution is -0.0157. The van der Waals surface area contributed by atoms with Crippen LogP contribution in [0.5, 0.6) is 0 Å². The van der Waals surface area contributed by atoms with Crippen LogP contribution in [0.3, 0.4) is 0 Å². The van der Waals surface area contributed by atoms with Gasteiger partial charge in [0.05, 0.1) is 11.3 Å². The molecule has 3 nitrogen and oxygen atoms in total. The minimum Gasteiger partial charge on any atom is -0.384 e. The Hall–Kier alpha value is -1.74. The van der Waals surface area contributed by atoms with Gasteiger partial charge in [0.15, 0.2) is 0 Å². The summed E-state index contributed by atoms with van der Waals surface area (Å²) in [5.41, 5.74) is 0.118. The summed E-state index contributed by atoms with van der Waals surface area (Å²) in [7, 11) is 0. The minimum absolute atomic E-state index is 0.525. The number of hydrogen-bond acceptors (Lipinski definition) is 3. The average molecular weight is 242 g/mol. The molecule has 1 N–H and O–H groups in total. The topological polar surface area (TPSA) is 46.0 Å². The molecule has 0 bridgehead atoms. The maximum Gasteiger partial charge on any atom is 0.0975 e. The zero-order valence-electron chi connectivity index (χ0n) is 11.0. The van der Waals surface area contributed by atoms with E-state index in [2.05, 4.69) is 9.97 Å².